The van der Waals surface area contributed by atoms with Gasteiger partial charge in [-0.2, -0.15) is 0 Å². The van der Waals surface area contributed by atoms with E-state index in [0.29, 0.717) is 17.8 Å². The Morgan fingerprint density at radius 2 is 1.69 bits per heavy atom. The lowest BCUT2D eigenvalue weighted by Gasteiger charge is -2.28. The van der Waals surface area contributed by atoms with E-state index in [4.69, 9.17) is 0 Å². The summed E-state index contributed by atoms with van der Waals surface area (Å²) in [4.78, 5) is 27.9. The number of hydrogen-bond donors (Lipinski definition) is 0. The first-order chi connectivity index (χ1) is 12.6. The number of benzene rings is 2. The first-order valence-electron chi connectivity index (χ1n) is 9.25. The summed E-state index contributed by atoms with van der Waals surface area (Å²) in [6, 6.07) is 16.2. The lowest BCUT2D eigenvalue weighted by molar-refractivity contribution is -0.123. The summed E-state index contributed by atoms with van der Waals surface area (Å²) in [7, 11) is 0. The number of anilines is 1. The van der Waals surface area contributed by atoms with Crippen molar-refractivity contribution in [3.05, 3.63) is 64.1 Å². The van der Waals surface area contributed by atoms with Crippen molar-refractivity contribution in [1.82, 2.24) is 0 Å². The summed E-state index contributed by atoms with van der Waals surface area (Å²) < 4.78 is 0.960. The van der Waals surface area contributed by atoms with Crippen LogP contribution < -0.4 is 4.90 Å². The molecule has 5 rings (SSSR count). The normalized spacial score (nSPS) is 32.4. The number of nitrogens with zero attached hydrogens (tertiary/aromatic N) is 1. The van der Waals surface area contributed by atoms with Gasteiger partial charge in [0.15, 0.2) is 0 Å². The number of aryl methyl sites for hydroxylation is 1. The lowest BCUT2D eigenvalue weighted by Crippen LogP contribution is -2.33. The van der Waals surface area contributed by atoms with Gasteiger partial charge in [0.25, 0.3) is 0 Å². The van der Waals surface area contributed by atoms with Crippen LogP contribution in [0.4, 0.5) is 5.69 Å². The predicted molar refractivity (Wildman–Crippen MR) is 104 cm³/mol. The maximum absolute atomic E-state index is 13.3. The summed E-state index contributed by atoms with van der Waals surface area (Å²) >= 11 is 3.46. The van der Waals surface area contributed by atoms with Crippen LogP contribution in [-0.2, 0) is 9.59 Å². The molecule has 1 aliphatic heterocycles. The van der Waals surface area contributed by atoms with Crippen molar-refractivity contribution in [2.24, 2.45) is 23.7 Å². The largest absolute Gasteiger partial charge is 0.274 e. The Labute approximate surface area is 161 Å². The van der Waals surface area contributed by atoms with Crippen molar-refractivity contribution in [3.63, 3.8) is 0 Å². The van der Waals surface area contributed by atoms with Gasteiger partial charge in [0.1, 0.15) is 0 Å². The molecule has 26 heavy (non-hydrogen) atoms. The summed E-state index contributed by atoms with van der Waals surface area (Å²) in [6.07, 6.45) is 2.04. The fraction of sp³-hybridized carbons (Fsp3) is 0.364. The minimum absolute atomic E-state index is 0.0125. The van der Waals surface area contributed by atoms with Crippen molar-refractivity contribution >= 4 is 33.4 Å². The van der Waals surface area contributed by atoms with Crippen LogP contribution in [0.15, 0.2) is 53.0 Å². The maximum Gasteiger partial charge on any atom is 0.238 e. The number of carbonyl (C=O) groups excluding carboxylic acids is 2. The van der Waals surface area contributed by atoms with Crippen LogP contribution in [0.1, 0.15) is 29.9 Å². The third-order valence-electron chi connectivity index (χ3n) is 6.64. The topological polar surface area (TPSA) is 37.4 Å². The smallest absolute Gasteiger partial charge is 0.238 e. The fourth-order valence-electron chi connectivity index (χ4n) is 5.65. The summed E-state index contributed by atoms with van der Waals surface area (Å²) in [5.41, 5.74) is 3.01. The van der Waals surface area contributed by atoms with Crippen LogP contribution in [0.5, 0.6) is 0 Å². The Balaban J connectivity index is 1.51. The number of imide groups is 1. The first kappa shape index (κ1) is 16.2. The van der Waals surface area contributed by atoms with Crippen LogP contribution in [-0.4, -0.2) is 11.8 Å². The molecule has 2 bridgehead atoms. The van der Waals surface area contributed by atoms with Crippen molar-refractivity contribution in [3.8, 4) is 0 Å². The molecule has 3 nitrogen and oxygen atoms in total. The average molecular weight is 410 g/mol. The summed E-state index contributed by atoms with van der Waals surface area (Å²) in [6.45, 7) is 1.95. The van der Waals surface area contributed by atoms with E-state index in [9.17, 15) is 9.59 Å². The summed E-state index contributed by atoms with van der Waals surface area (Å²) in [5.74, 6) is 0.815. The standard InChI is InChI=1S/C22H20BrNO2/c1-12-9-15(23)7-8-18(12)24-21(25)19-14-10-16(13-5-3-2-4-6-13)17(11-14)20(19)22(24)26/h2-9,14,16-17,19-20H,10-11H2,1H3/t14-,16-,17+,19+,20+/m0/s1. The van der Waals surface area contributed by atoms with Gasteiger partial charge < -0.3 is 0 Å². The Kier molecular flexibility index (Phi) is 3.61. The van der Waals surface area contributed by atoms with Crippen molar-refractivity contribution < 1.29 is 9.59 Å². The van der Waals surface area contributed by atoms with E-state index in [2.05, 4.69) is 40.2 Å². The highest BCUT2D eigenvalue weighted by atomic mass is 79.9. The van der Waals surface area contributed by atoms with Crippen LogP contribution in [0.2, 0.25) is 0 Å². The van der Waals surface area contributed by atoms with E-state index in [1.54, 1.807) is 0 Å². The molecule has 4 heteroatoms. The number of halogens is 1. The number of rotatable bonds is 2. The van der Waals surface area contributed by atoms with E-state index in [1.165, 1.54) is 10.5 Å². The highest BCUT2D eigenvalue weighted by Gasteiger charge is 2.64. The lowest BCUT2D eigenvalue weighted by atomic mass is 9.73. The zero-order chi connectivity index (χ0) is 18.0. The van der Waals surface area contributed by atoms with Crippen molar-refractivity contribution in [1.29, 1.82) is 0 Å². The quantitative estimate of drug-likeness (QED) is 0.674. The monoisotopic (exact) mass is 409 g/mol. The molecular formula is C22H20BrNO2. The van der Waals surface area contributed by atoms with E-state index in [1.807, 2.05) is 31.2 Å². The fourth-order valence-corrected chi connectivity index (χ4v) is 6.13. The Morgan fingerprint density at radius 1 is 0.962 bits per heavy atom. The van der Waals surface area contributed by atoms with Gasteiger partial charge in [-0.3, -0.25) is 9.59 Å². The highest BCUT2D eigenvalue weighted by Crippen LogP contribution is 2.62. The van der Waals surface area contributed by atoms with Gasteiger partial charge in [0.05, 0.1) is 17.5 Å². The van der Waals surface area contributed by atoms with Gasteiger partial charge in [-0.15, -0.1) is 0 Å². The third-order valence-corrected chi connectivity index (χ3v) is 7.14. The molecule has 132 valence electrons. The van der Waals surface area contributed by atoms with E-state index in [-0.39, 0.29) is 23.7 Å². The number of fused-ring (bicyclic) bond motifs is 5. The molecule has 2 aromatic carbocycles. The van der Waals surface area contributed by atoms with E-state index < -0.39 is 0 Å². The van der Waals surface area contributed by atoms with Gasteiger partial charge >= 0.3 is 0 Å². The molecule has 0 N–H and O–H groups in total. The van der Waals surface area contributed by atoms with Gasteiger partial charge in [0, 0.05) is 4.47 Å². The molecule has 2 aliphatic carbocycles. The van der Waals surface area contributed by atoms with Crippen LogP contribution >= 0.6 is 15.9 Å². The molecule has 0 radical (unpaired) electrons. The zero-order valence-electron chi connectivity index (χ0n) is 14.6. The van der Waals surface area contributed by atoms with Crippen molar-refractivity contribution in [2.45, 2.75) is 25.7 Å². The Morgan fingerprint density at radius 3 is 2.42 bits per heavy atom. The second kappa shape index (κ2) is 5.78. The van der Waals surface area contributed by atoms with Crippen LogP contribution in [0.25, 0.3) is 0 Å². The van der Waals surface area contributed by atoms with Gasteiger partial charge in [-0.25, -0.2) is 4.90 Å². The molecule has 0 aromatic heterocycles. The number of hydrogen-bond acceptors (Lipinski definition) is 2. The summed E-state index contributed by atoms with van der Waals surface area (Å²) in [5, 5.41) is 0. The predicted octanol–water partition coefficient (Wildman–Crippen LogP) is 4.69. The molecule has 0 spiro atoms. The second-order valence-corrected chi connectivity index (χ2v) is 8.82. The molecule has 1 saturated heterocycles. The first-order valence-corrected chi connectivity index (χ1v) is 10.0. The van der Waals surface area contributed by atoms with E-state index in [0.717, 1.165) is 28.6 Å². The van der Waals surface area contributed by atoms with Gasteiger partial charge in [-0.05, 0) is 66.8 Å². The van der Waals surface area contributed by atoms with Crippen LogP contribution in [0.3, 0.4) is 0 Å². The molecule has 3 aliphatic rings. The maximum atomic E-state index is 13.3. The van der Waals surface area contributed by atoms with Crippen LogP contribution in [0, 0.1) is 30.6 Å². The number of carbonyl (C=O) groups is 2. The number of amides is 2. The Hall–Kier alpha value is -1.94. The molecular weight excluding hydrogens is 390 g/mol. The van der Waals surface area contributed by atoms with Gasteiger partial charge in [0.2, 0.25) is 11.8 Å². The second-order valence-electron chi connectivity index (χ2n) is 7.91. The average Bonchev–Trinajstić information content (AvgIpc) is 3.29. The molecule has 1 heterocycles. The SMILES string of the molecule is Cc1cc(Br)ccc1N1C(=O)[C@@H]2[C@@H]3C[C@@H]([C@H]2C1=O)[C@H](c1ccccc1)C3. The zero-order valence-corrected chi connectivity index (χ0v) is 16.1. The molecule has 2 aromatic rings. The molecule has 5 atom stereocenters. The molecule has 3 fully saturated rings. The molecule has 2 amide bonds. The highest BCUT2D eigenvalue weighted by molar-refractivity contribution is 9.10. The minimum atomic E-state index is -0.144. The van der Waals surface area contributed by atoms with E-state index >= 15 is 0 Å². The van der Waals surface area contributed by atoms with Gasteiger partial charge in [-0.1, -0.05) is 46.3 Å². The molecule has 2 saturated carbocycles. The Bertz CT molecular complexity index is 910. The van der Waals surface area contributed by atoms with Crippen molar-refractivity contribution in [2.75, 3.05) is 4.90 Å². The molecule has 0 unspecified atom stereocenters. The minimum Gasteiger partial charge on any atom is -0.274 e. The third kappa shape index (κ3) is 2.18.